The third-order valence-electron chi connectivity index (χ3n) is 5.51. The minimum atomic E-state index is 0. The van der Waals surface area contributed by atoms with Gasteiger partial charge in [-0.25, -0.2) is 4.98 Å². The van der Waals surface area contributed by atoms with Gasteiger partial charge in [-0.05, 0) is 25.3 Å². The Bertz CT molecular complexity index is 664. The van der Waals surface area contributed by atoms with E-state index in [9.17, 15) is 4.79 Å². The van der Waals surface area contributed by atoms with Gasteiger partial charge in [-0.3, -0.25) is 9.79 Å². The van der Waals surface area contributed by atoms with E-state index in [4.69, 9.17) is 4.74 Å². The Morgan fingerprint density at radius 2 is 2.11 bits per heavy atom. The van der Waals surface area contributed by atoms with Crippen LogP contribution in [0.25, 0.3) is 0 Å². The summed E-state index contributed by atoms with van der Waals surface area (Å²) in [6.45, 7) is 2.17. The van der Waals surface area contributed by atoms with Crippen molar-refractivity contribution in [2.75, 3.05) is 27.2 Å². The van der Waals surface area contributed by atoms with E-state index in [1.807, 2.05) is 17.0 Å². The van der Waals surface area contributed by atoms with Crippen molar-refractivity contribution in [2.24, 2.45) is 10.9 Å². The quantitative estimate of drug-likeness (QED) is 0.369. The Morgan fingerprint density at radius 3 is 2.82 bits per heavy atom. The van der Waals surface area contributed by atoms with E-state index in [2.05, 4.69) is 20.6 Å². The molecule has 1 aliphatic carbocycles. The van der Waals surface area contributed by atoms with Crippen LogP contribution in [-0.2, 0) is 11.3 Å². The van der Waals surface area contributed by atoms with Crippen molar-refractivity contribution in [3.63, 3.8) is 0 Å². The number of methoxy groups -OCH3 is 1. The Kier molecular flexibility index (Phi) is 9.27. The number of carbonyl (C=O) groups is 1. The summed E-state index contributed by atoms with van der Waals surface area (Å²) in [4.78, 5) is 23.3. The molecule has 0 spiro atoms. The Morgan fingerprint density at radius 1 is 1.32 bits per heavy atom. The van der Waals surface area contributed by atoms with Gasteiger partial charge in [-0.2, -0.15) is 0 Å². The molecule has 1 unspecified atom stereocenters. The largest absolute Gasteiger partial charge is 0.481 e. The molecule has 1 atom stereocenters. The predicted molar refractivity (Wildman–Crippen MR) is 121 cm³/mol. The zero-order chi connectivity index (χ0) is 19.1. The first-order chi connectivity index (χ1) is 13.2. The Hall–Kier alpha value is -1.58. The van der Waals surface area contributed by atoms with Crippen molar-refractivity contribution in [1.29, 1.82) is 0 Å². The number of ether oxygens (including phenoxy) is 1. The van der Waals surface area contributed by atoms with Gasteiger partial charge in [-0.1, -0.05) is 25.3 Å². The average Bonchev–Trinajstić information content (AvgIpc) is 3.19. The number of hydrogen-bond acceptors (Lipinski definition) is 4. The van der Waals surface area contributed by atoms with Crippen LogP contribution in [0, 0.1) is 5.92 Å². The van der Waals surface area contributed by atoms with E-state index in [-0.39, 0.29) is 35.9 Å². The average molecular weight is 501 g/mol. The standard InChI is InChI=1S/C20H31N5O2.HI/c1-21-20(23-13-16-9-6-11-22-18(16)27-2)24-17-10-12-25(14-17)19(26)15-7-4-3-5-8-15;/h6,9,11,15,17H,3-5,7-8,10,12-14H2,1-2H3,(H2,21,23,24);1H. The molecule has 1 aromatic heterocycles. The van der Waals surface area contributed by atoms with Crippen LogP contribution < -0.4 is 15.4 Å². The summed E-state index contributed by atoms with van der Waals surface area (Å²) in [5.74, 6) is 1.94. The highest BCUT2D eigenvalue weighted by atomic mass is 127. The summed E-state index contributed by atoms with van der Waals surface area (Å²) >= 11 is 0. The molecule has 1 saturated carbocycles. The third-order valence-corrected chi connectivity index (χ3v) is 5.51. The summed E-state index contributed by atoms with van der Waals surface area (Å²) in [7, 11) is 3.38. The number of guanidine groups is 1. The van der Waals surface area contributed by atoms with Gasteiger partial charge in [0, 0.05) is 50.4 Å². The van der Waals surface area contributed by atoms with Crippen molar-refractivity contribution in [2.45, 2.75) is 51.1 Å². The number of aliphatic imine (C=N–C) groups is 1. The van der Waals surface area contributed by atoms with Crippen LogP contribution in [0.5, 0.6) is 5.88 Å². The first-order valence-electron chi connectivity index (χ1n) is 9.95. The van der Waals surface area contributed by atoms with Crippen LogP contribution >= 0.6 is 24.0 Å². The molecule has 3 rings (SSSR count). The minimum absolute atomic E-state index is 0. The predicted octanol–water partition coefficient (Wildman–Crippen LogP) is 2.55. The lowest BCUT2D eigenvalue weighted by atomic mass is 9.88. The molecule has 2 aliphatic rings. The number of amides is 1. The Labute approximate surface area is 184 Å². The van der Waals surface area contributed by atoms with Gasteiger partial charge in [0.05, 0.1) is 7.11 Å². The van der Waals surface area contributed by atoms with Crippen LogP contribution in [0.4, 0.5) is 0 Å². The molecule has 28 heavy (non-hydrogen) atoms. The molecule has 2 N–H and O–H groups in total. The third kappa shape index (κ3) is 5.96. The topological polar surface area (TPSA) is 78.9 Å². The number of carbonyl (C=O) groups excluding carboxylic acids is 1. The number of nitrogens with one attached hydrogen (secondary N) is 2. The maximum atomic E-state index is 12.7. The number of aromatic nitrogens is 1. The summed E-state index contributed by atoms with van der Waals surface area (Å²) in [6, 6.07) is 4.10. The number of likely N-dealkylation sites (tertiary alicyclic amines) is 1. The molecule has 1 saturated heterocycles. The second-order valence-electron chi connectivity index (χ2n) is 7.35. The lowest BCUT2D eigenvalue weighted by Gasteiger charge is -2.26. The van der Waals surface area contributed by atoms with E-state index >= 15 is 0 Å². The molecule has 0 radical (unpaired) electrons. The molecule has 7 nitrogen and oxygen atoms in total. The smallest absolute Gasteiger partial charge is 0.225 e. The number of pyridine rings is 1. The van der Waals surface area contributed by atoms with Gasteiger partial charge in [0.2, 0.25) is 11.8 Å². The van der Waals surface area contributed by atoms with E-state index in [1.54, 1.807) is 20.4 Å². The second kappa shape index (κ2) is 11.4. The lowest BCUT2D eigenvalue weighted by Crippen LogP contribution is -2.45. The zero-order valence-electron chi connectivity index (χ0n) is 16.8. The normalized spacial score (nSPS) is 20.4. The summed E-state index contributed by atoms with van der Waals surface area (Å²) < 4.78 is 5.29. The zero-order valence-corrected chi connectivity index (χ0v) is 19.1. The van der Waals surface area contributed by atoms with Gasteiger partial charge < -0.3 is 20.3 Å². The van der Waals surface area contributed by atoms with Gasteiger partial charge >= 0.3 is 0 Å². The monoisotopic (exact) mass is 501 g/mol. The van der Waals surface area contributed by atoms with Crippen LogP contribution in [0.15, 0.2) is 23.3 Å². The molecule has 1 amide bonds. The molecule has 156 valence electrons. The first-order valence-corrected chi connectivity index (χ1v) is 9.95. The van der Waals surface area contributed by atoms with Crippen molar-refractivity contribution < 1.29 is 9.53 Å². The van der Waals surface area contributed by atoms with E-state index in [0.29, 0.717) is 18.3 Å². The van der Waals surface area contributed by atoms with Gasteiger partial charge in [0.1, 0.15) is 0 Å². The Balaban J connectivity index is 0.00000280. The van der Waals surface area contributed by atoms with Gasteiger partial charge in [-0.15, -0.1) is 24.0 Å². The van der Waals surface area contributed by atoms with Crippen molar-refractivity contribution in [1.82, 2.24) is 20.5 Å². The molecular formula is C20H32IN5O2. The maximum Gasteiger partial charge on any atom is 0.225 e. The van der Waals surface area contributed by atoms with Crippen LogP contribution in [-0.4, -0.2) is 55.0 Å². The van der Waals surface area contributed by atoms with Crippen LogP contribution in [0.2, 0.25) is 0 Å². The molecule has 1 aromatic rings. The van der Waals surface area contributed by atoms with Crippen molar-refractivity contribution >= 4 is 35.8 Å². The molecule has 8 heteroatoms. The van der Waals surface area contributed by atoms with Crippen molar-refractivity contribution in [3.05, 3.63) is 23.9 Å². The van der Waals surface area contributed by atoms with Gasteiger partial charge in [0.15, 0.2) is 5.96 Å². The molecule has 2 heterocycles. The number of halogens is 1. The van der Waals surface area contributed by atoms with Crippen LogP contribution in [0.1, 0.15) is 44.1 Å². The van der Waals surface area contributed by atoms with E-state index in [0.717, 1.165) is 43.9 Å². The summed E-state index contributed by atoms with van der Waals surface area (Å²) in [5.41, 5.74) is 0.975. The fourth-order valence-electron chi connectivity index (χ4n) is 4.00. The highest BCUT2D eigenvalue weighted by Crippen LogP contribution is 2.26. The maximum absolute atomic E-state index is 12.7. The number of hydrogen-bond donors (Lipinski definition) is 2. The van der Waals surface area contributed by atoms with Crippen molar-refractivity contribution in [3.8, 4) is 5.88 Å². The highest BCUT2D eigenvalue weighted by molar-refractivity contribution is 14.0. The van der Waals surface area contributed by atoms with E-state index in [1.165, 1.54) is 19.3 Å². The highest BCUT2D eigenvalue weighted by Gasteiger charge is 2.31. The number of nitrogens with zero attached hydrogens (tertiary/aromatic N) is 3. The fraction of sp³-hybridized carbons (Fsp3) is 0.650. The lowest BCUT2D eigenvalue weighted by molar-refractivity contribution is -0.135. The summed E-state index contributed by atoms with van der Waals surface area (Å²) in [6.07, 6.45) is 8.45. The molecule has 1 aliphatic heterocycles. The molecular weight excluding hydrogens is 469 g/mol. The first kappa shape index (κ1) is 22.7. The minimum Gasteiger partial charge on any atom is -0.481 e. The number of rotatable bonds is 5. The second-order valence-corrected chi connectivity index (χ2v) is 7.35. The van der Waals surface area contributed by atoms with E-state index < -0.39 is 0 Å². The molecule has 0 aromatic carbocycles. The van der Waals surface area contributed by atoms with Gasteiger partial charge in [0.25, 0.3) is 0 Å². The molecule has 2 fully saturated rings. The molecule has 0 bridgehead atoms. The van der Waals surface area contributed by atoms with Crippen LogP contribution in [0.3, 0.4) is 0 Å². The fourth-order valence-corrected chi connectivity index (χ4v) is 4.00. The summed E-state index contributed by atoms with van der Waals surface area (Å²) in [5, 5.41) is 6.76. The SMILES string of the molecule is CN=C(NCc1cccnc1OC)NC1CCN(C(=O)C2CCCCC2)C1.I.